The molecule has 2 aliphatic carbocycles. The molecule has 0 bridgehead atoms. The molecule has 1 saturated heterocycles. The molecule has 1 heterocycles. The van der Waals surface area contributed by atoms with Crippen molar-refractivity contribution in [3.05, 3.63) is 34.6 Å². The van der Waals surface area contributed by atoms with Gasteiger partial charge in [0.2, 0.25) is 5.91 Å². The Kier molecular flexibility index (Phi) is 8.25. The zero-order valence-electron chi connectivity index (χ0n) is 21.3. The lowest BCUT2D eigenvalue weighted by atomic mass is 9.88. The van der Waals surface area contributed by atoms with E-state index < -0.39 is 30.5 Å². The van der Waals surface area contributed by atoms with E-state index in [2.05, 4.69) is 5.32 Å². The van der Waals surface area contributed by atoms with Gasteiger partial charge in [-0.25, -0.2) is 8.78 Å². The van der Waals surface area contributed by atoms with Crippen molar-refractivity contribution in [3.8, 4) is 0 Å². The Morgan fingerprint density at radius 1 is 1.06 bits per heavy atom. The largest absolute Gasteiger partial charge is 0.498 e. The second-order valence-electron chi connectivity index (χ2n) is 10.2. The number of halogens is 2. The van der Waals surface area contributed by atoms with Crippen LogP contribution in [0, 0.1) is 11.8 Å². The van der Waals surface area contributed by atoms with E-state index in [-0.39, 0.29) is 5.91 Å². The average molecular weight is 479 g/mol. The topological polar surface area (TPSA) is 58.6 Å². The first-order chi connectivity index (χ1) is 16.1. The monoisotopic (exact) mass is 478 g/mol. The summed E-state index contributed by atoms with van der Waals surface area (Å²) in [4.78, 5) is 27.7. The predicted octanol–water partition coefficient (Wildman–Crippen LogP) is 5.53. The van der Waals surface area contributed by atoms with Crippen molar-refractivity contribution in [2.45, 2.75) is 91.0 Å². The van der Waals surface area contributed by atoms with Gasteiger partial charge in [-0.3, -0.25) is 9.59 Å². The van der Waals surface area contributed by atoms with E-state index in [4.69, 9.17) is 4.74 Å². The molecule has 0 aromatic rings. The number of hydrogen-bond donors (Lipinski definition) is 1. The lowest BCUT2D eigenvalue weighted by Crippen LogP contribution is -2.67. The van der Waals surface area contributed by atoms with E-state index >= 15 is 0 Å². The minimum absolute atomic E-state index is 0.333. The highest BCUT2D eigenvalue weighted by Crippen LogP contribution is 2.40. The van der Waals surface area contributed by atoms with Crippen molar-refractivity contribution in [3.63, 3.8) is 0 Å². The molecule has 3 fully saturated rings. The van der Waals surface area contributed by atoms with Crippen LogP contribution in [0.5, 0.6) is 0 Å². The van der Waals surface area contributed by atoms with E-state index in [0.717, 1.165) is 41.3 Å². The lowest BCUT2D eigenvalue weighted by molar-refractivity contribution is -0.173. The molecule has 3 rings (SSSR count). The van der Waals surface area contributed by atoms with Gasteiger partial charge in [0.25, 0.3) is 11.8 Å². The van der Waals surface area contributed by atoms with Gasteiger partial charge in [0.05, 0.1) is 25.5 Å². The molecule has 1 aliphatic heterocycles. The van der Waals surface area contributed by atoms with Crippen LogP contribution in [0.25, 0.3) is 0 Å². The highest BCUT2D eigenvalue weighted by molar-refractivity contribution is 6.01. The molecule has 3 aliphatic rings. The second kappa shape index (κ2) is 10.6. The molecule has 5 nitrogen and oxygen atoms in total. The molecule has 2 saturated carbocycles. The summed E-state index contributed by atoms with van der Waals surface area (Å²) in [5.74, 6) is -1.57. The summed E-state index contributed by atoms with van der Waals surface area (Å²) in [5.41, 5.74) is 1.36. The van der Waals surface area contributed by atoms with Gasteiger partial charge in [-0.15, -0.1) is 0 Å². The standard InChI is InChI=1S/C27H40F2N2O3/c1-6-18(4)22(13-14-23(21-11-12-21)19(5)34-15-20-9-10-20)24(32)30-26(7-2,8-3)25(33)31-16-27(28,29)17-31/h13-14,20-21H,6-12,15-17H2,1-5H3,(H,30,32). The maximum Gasteiger partial charge on any atom is 0.282 e. The molecular weight excluding hydrogens is 438 g/mol. The van der Waals surface area contributed by atoms with Gasteiger partial charge in [0, 0.05) is 5.57 Å². The van der Waals surface area contributed by atoms with Gasteiger partial charge >= 0.3 is 0 Å². The SMILES string of the molecule is CCC(C)=C(C=CC(=C(C)OCC1CC1)C1CC1)C(=O)NC(CC)(CC)C(=O)N1CC(F)(F)C1. The van der Waals surface area contributed by atoms with Crippen molar-refractivity contribution in [2.24, 2.45) is 11.8 Å². The summed E-state index contributed by atoms with van der Waals surface area (Å²) < 4.78 is 32.8. The van der Waals surface area contributed by atoms with Gasteiger partial charge in [-0.1, -0.05) is 32.4 Å². The zero-order chi connectivity index (χ0) is 25.1. The van der Waals surface area contributed by atoms with Crippen molar-refractivity contribution < 1.29 is 23.1 Å². The Balaban J connectivity index is 1.79. The van der Waals surface area contributed by atoms with E-state index in [1.54, 1.807) is 13.8 Å². The third-order valence-corrected chi connectivity index (χ3v) is 7.42. The molecule has 0 radical (unpaired) electrons. The van der Waals surface area contributed by atoms with E-state index in [0.29, 0.717) is 36.7 Å². The van der Waals surface area contributed by atoms with Crippen LogP contribution in [0.4, 0.5) is 8.78 Å². The van der Waals surface area contributed by atoms with Gasteiger partial charge < -0.3 is 15.0 Å². The molecule has 0 unspecified atom stereocenters. The van der Waals surface area contributed by atoms with Crippen LogP contribution in [-0.4, -0.2) is 47.9 Å². The molecule has 0 spiro atoms. The van der Waals surface area contributed by atoms with Crippen LogP contribution in [0.2, 0.25) is 0 Å². The number of likely N-dealkylation sites (tertiary alicyclic amines) is 1. The number of allylic oxidation sites excluding steroid dienone is 4. The van der Waals surface area contributed by atoms with Crippen molar-refractivity contribution in [2.75, 3.05) is 19.7 Å². The number of hydrogen-bond acceptors (Lipinski definition) is 3. The highest BCUT2D eigenvalue weighted by atomic mass is 19.3. The van der Waals surface area contributed by atoms with Crippen LogP contribution in [0.3, 0.4) is 0 Å². The van der Waals surface area contributed by atoms with Crippen LogP contribution in [0.15, 0.2) is 34.6 Å². The fourth-order valence-electron chi connectivity index (χ4n) is 4.35. The van der Waals surface area contributed by atoms with Crippen molar-refractivity contribution in [1.29, 1.82) is 0 Å². The molecule has 1 N–H and O–H groups in total. The number of ether oxygens (including phenoxy) is 1. The smallest absolute Gasteiger partial charge is 0.282 e. The Bertz CT molecular complexity index is 870. The minimum Gasteiger partial charge on any atom is -0.498 e. The normalized spacial score (nSPS) is 21.6. The molecule has 190 valence electrons. The molecule has 2 amide bonds. The lowest BCUT2D eigenvalue weighted by Gasteiger charge is -2.44. The van der Waals surface area contributed by atoms with E-state index in [1.165, 1.54) is 12.8 Å². The number of amides is 2. The first-order valence-corrected chi connectivity index (χ1v) is 12.8. The molecule has 34 heavy (non-hydrogen) atoms. The molecule has 0 aromatic heterocycles. The molecule has 0 atom stereocenters. The van der Waals surface area contributed by atoms with Gasteiger partial charge in [0.1, 0.15) is 5.54 Å². The molecular formula is C27H40F2N2O3. The minimum atomic E-state index is -2.84. The Labute approximate surface area is 202 Å². The third kappa shape index (κ3) is 6.28. The van der Waals surface area contributed by atoms with Crippen molar-refractivity contribution in [1.82, 2.24) is 10.2 Å². The predicted molar refractivity (Wildman–Crippen MR) is 129 cm³/mol. The maximum absolute atomic E-state index is 13.4. The van der Waals surface area contributed by atoms with E-state index in [1.807, 2.05) is 32.9 Å². The Morgan fingerprint density at radius 2 is 1.68 bits per heavy atom. The first-order valence-electron chi connectivity index (χ1n) is 12.8. The number of alkyl halides is 2. The third-order valence-electron chi connectivity index (χ3n) is 7.42. The van der Waals surface area contributed by atoms with Crippen molar-refractivity contribution >= 4 is 11.8 Å². The number of nitrogens with one attached hydrogen (secondary N) is 1. The zero-order valence-corrected chi connectivity index (χ0v) is 21.3. The number of rotatable bonds is 12. The summed E-state index contributed by atoms with van der Waals surface area (Å²) in [7, 11) is 0. The van der Waals surface area contributed by atoms with Crippen LogP contribution >= 0.6 is 0 Å². The quantitative estimate of drug-likeness (QED) is 0.228. The highest BCUT2D eigenvalue weighted by Gasteiger charge is 2.51. The summed E-state index contributed by atoms with van der Waals surface area (Å²) >= 11 is 0. The van der Waals surface area contributed by atoms with Gasteiger partial charge in [-0.2, -0.15) is 0 Å². The van der Waals surface area contributed by atoms with Gasteiger partial charge in [0.15, 0.2) is 0 Å². The van der Waals surface area contributed by atoms with E-state index in [9.17, 15) is 18.4 Å². The summed E-state index contributed by atoms with van der Waals surface area (Å²) in [6.07, 6.45) is 9.88. The summed E-state index contributed by atoms with van der Waals surface area (Å²) in [6.45, 7) is 9.08. The fourth-order valence-corrected chi connectivity index (χ4v) is 4.35. The average Bonchev–Trinajstić information content (AvgIpc) is 3.70. The van der Waals surface area contributed by atoms with Crippen LogP contribution in [0.1, 0.15) is 79.6 Å². The summed E-state index contributed by atoms with van der Waals surface area (Å²) in [6, 6.07) is 0. The summed E-state index contributed by atoms with van der Waals surface area (Å²) in [5, 5.41) is 2.94. The maximum atomic E-state index is 13.4. The number of carbonyl (C=O) groups excluding carboxylic acids is 2. The first kappa shape index (κ1) is 26.4. The second-order valence-corrected chi connectivity index (χ2v) is 10.2. The van der Waals surface area contributed by atoms with Crippen LogP contribution in [-0.2, 0) is 14.3 Å². The Morgan fingerprint density at radius 3 is 2.15 bits per heavy atom. The van der Waals surface area contributed by atoms with Gasteiger partial charge in [-0.05, 0) is 82.3 Å². The number of carbonyl (C=O) groups is 2. The van der Waals surface area contributed by atoms with Crippen LogP contribution < -0.4 is 5.32 Å². The number of nitrogens with zero attached hydrogens (tertiary/aromatic N) is 1. The molecule has 7 heteroatoms. The molecule has 0 aromatic carbocycles. The Hall–Kier alpha value is -2.18. The fraction of sp³-hybridized carbons (Fsp3) is 0.704.